The first-order valence-electron chi connectivity index (χ1n) is 7.38. The molecule has 2 rings (SSSR count). The van der Waals surface area contributed by atoms with Crippen LogP contribution < -0.4 is 10.6 Å². The molecule has 0 aliphatic carbocycles. The molecule has 0 atom stereocenters. The van der Waals surface area contributed by atoms with Crippen molar-refractivity contribution in [2.75, 3.05) is 32.0 Å². The lowest BCUT2D eigenvalue weighted by atomic mass is 10.0. The third-order valence-electron chi connectivity index (χ3n) is 3.68. The number of hydrogen-bond donors (Lipinski definition) is 2. The van der Waals surface area contributed by atoms with Gasteiger partial charge >= 0.3 is 0 Å². The average molecular weight is 276 g/mol. The fourth-order valence-corrected chi connectivity index (χ4v) is 2.41. The molecule has 1 fully saturated rings. The number of anilines is 1. The van der Waals surface area contributed by atoms with Gasteiger partial charge in [0.15, 0.2) is 0 Å². The van der Waals surface area contributed by atoms with Gasteiger partial charge in [-0.3, -0.25) is 9.78 Å². The van der Waals surface area contributed by atoms with Gasteiger partial charge in [-0.25, -0.2) is 0 Å². The van der Waals surface area contributed by atoms with E-state index < -0.39 is 0 Å². The van der Waals surface area contributed by atoms with Crippen LogP contribution in [0.3, 0.4) is 0 Å². The van der Waals surface area contributed by atoms with Gasteiger partial charge < -0.3 is 15.5 Å². The number of carbonyl (C=O) groups is 1. The van der Waals surface area contributed by atoms with E-state index in [2.05, 4.69) is 34.5 Å². The van der Waals surface area contributed by atoms with Crippen LogP contribution in [-0.2, 0) is 0 Å². The third kappa shape index (κ3) is 3.93. The van der Waals surface area contributed by atoms with Gasteiger partial charge in [-0.05, 0) is 45.5 Å². The summed E-state index contributed by atoms with van der Waals surface area (Å²) in [7, 11) is 2.12. The standard InChI is InChI=1S/C15H24N4O/c1-3-7-17-14-4-8-16-11-13(14)15(20)18-12-5-9-19(2)10-6-12/h4,8,11-12H,3,5-7,9-10H2,1-2H3,(H,16,17)(H,18,20). The monoisotopic (exact) mass is 276 g/mol. The minimum Gasteiger partial charge on any atom is -0.384 e. The van der Waals surface area contributed by atoms with E-state index in [9.17, 15) is 4.79 Å². The Kier molecular flexibility index (Phi) is 5.35. The molecule has 0 bridgehead atoms. The molecular weight excluding hydrogens is 252 g/mol. The van der Waals surface area contributed by atoms with Gasteiger partial charge in [0.25, 0.3) is 5.91 Å². The lowest BCUT2D eigenvalue weighted by Gasteiger charge is -2.29. The molecule has 1 aromatic heterocycles. The number of nitrogens with one attached hydrogen (secondary N) is 2. The van der Waals surface area contributed by atoms with Crippen molar-refractivity contribution in [3.63, 3.8) is 0 Å². The maximum atomic E-state index is 12.4. The first-order valence-corrected chi connectivity index (χ1v) is 7.38. The Hall–Kier alpha value is -1.62. The van der Waals surface area contributed by atoms with Crippen molar-refractivity contribution in [2.45, 2.75) is 32.2 Å². The molecule has 110 valence electrons. The smallest absolute Gasteiger partial charge is 0.255 e. The molecule has 1 aliphatic heterocycles. The Morgan fingerprint density at radius 2 is 2.20 bits per heavy atom. The van der Waals surface area contributed by atoms with Crippen LogP contribution in [0, 0.1) is 0 Å². The summed E-state index contributed by atoms with van der Waals surface area (Å²) in [6.07, 6.45) is 6.41. The van der Waals surface area contributed by atoms with Gasteiger partial charge in [-0.1, -0.05) is 6.92 Å². The van der Waals surface area contributed by atoms with Crippen LogP contribution in [0.25, 0.3) is 0 Å². The summed E-state index contributed by atoms with van der Waals surface area (Å²) in [6.45, 7) is 5.04. The number of rotatable bonds is 5. The van der Waals surface area contributed by atoms with Crippen LogP contribution >= 0.6 is 0 Å². The molecular formula is C15H24N4O. The highest BCUT2D eigenvalue weighted by Gasteiger charge is 2.20. The zero-order valence-corrected chi connectivity index (χ0v) is 12.4. The van der Waals surface area contributed by atoms with E-state index in [0.717, 1.165) is 44.6 Å². The highest BCUT2D eigenvalue weighted by molar-refractivity contribution is 5.99. The minimum absolute atomic E-state index is 0.0220. The predicted molar refractivity (Wildman–Crippen MR) is 81.0 cm³/mol. The van der Waals surface area contributed by atoms with E-state index in [4.69, 9.17) is 0 Å². The number of amides is 1. The van der Waals surface area contributed by atoms with Crippen molar-refractivity contribution in [3.8, 4) is 0 Å². The van der Waals surface area contributed by atoms with E-state index in [1.54, 1.807) is 12.4 Å². The van der Waals surface area contributed by atoms with E-state index in [0.29, 0.717) is 5.56 Å². The van der Waals surface area contributed by atoms with Gasteiger partial charge in [0, 0.05) is 25.0 Å². The summed E-state index contributed by atoms with van der Waals surface area (Å²) < 4.78 is 0. The molecule has 20 heavy (non-hydrogen) atoms. The van der Waals surface area contributed by atoms with Gasteiger partial charge in [0.05, 0.1) is 11.3 Å². The average Bonchev–Trinajstić information content (AvgIpc) is 2.47. The lowest BCUT2D eigenvalue weighted by Crippen LogP contribution is -2.43. The Bertz CT molecular complexity index is 441. The van der Waals surface area contributed by atoms with Crippen molar-refractivity contribution >= 4 is 11.6 Å². The van der Waals surface area contributed by atoms with Crippen molar-refractivity contribution in [1.82, 2.24) is 15.2 Å². The molecule has 5 heteroatoms. The zero-order valence-electron chi connectivity index (χ0n) is 12.4. The van der Waals surface area contributed by atoms with Crippen molar-refractivity contribution in [1.29, 1.82) is 0 Å². The van der Waals surface area contributed by atoms with Crippen LogP contribution in [0.2, 0.25) is 0 Å². The summed E-state index contributed by atoms with van der Waals surface area (Å²) in [5, 5.41) is 6.41. The first kappa shape index (κ1) is 14.8. The summed E-state index contributed by atoms with van der Waals surface area (Å²) in [5.74, 6) is -0.0220. The predicted octanol–water partition coefficient (Wildman–Crippen LogP) is 1.73. The first-order chi connectivity index (χ1) is 9.70. The molecule has 0 unspecified atom stereocenters. The van der Waals surface area contributed by atoms with E-state index in [-0.39, 0.29) is 11.9 Å². The Balaban J connectivity index is 1.98. The van der Waals surface area contributed by atoms with Crippen molar-refractivity contribution < 1.29 is 4.79 Å². The number of hydrogen-bond acceptors (Lipinski definition) is 4. The molecule has 0 radical (unpaired) electrons. The minimum atomic E-state index is -0.0220. The molecule has 1 saturated heterocycles. The number of aromatic nitrogens is 1. The van der Waals surface area contributed by atoms with Gasteiger partial charge in [0.2, 0.25) is 0 Å². The number of pyridine rings is 1. The summed E-state index contributed by atoms with van der Waals surface area (Å²) >= 11 is 0. The molecule has 5 nitrogen and oxygen atoms in total. The zero-order chi connectivity index (χ0) is 14.4. The van der Waals surface area contributed by atoms with Crippen LogP contribution in [0.5, 0.6) is 0 Å². The van der Waals surface area contributed by atoms with E-state index in [1.807, 2.05) is 6.07 Å². The quantitative estimate of drug-likeness (QED) is 0.860. The molecule has 2 N–H and O–H groups in total. The van der Waals surface area contributed by atoms with E-state index >= 15 is 0 Å². The Morgan fingerprint density at radius 1 is 1.45 bits per heavy atom. The molecule has 2 heterocycles. The van der Waals surface area contributed by atoms with Crippen molar-refractivity contribution in [2.24, 2.45) is 0 Å². The second-order valence-electron chi connectivity index (χ2n) is 5.40. The molecule has 1 aliphatic rings. The number of likely N-dealkylation sites (tertiary alicyclic amines) is 1. The maximum Gasteiger partial charge on any atom is 0.255 e. The topological polar surface area (TPSA) is 57.3 Å². The fourth-order valence-electron chi connectivity index (χ4n) is 2.41. The molecule has 0 aromatic carbocycles. The Morgan fingerprint density at radius 3 is 2.90 bits per heavy atom. The van der Waals surface area contributed by atoms with Gasteiger partial charge in [-0.15, -0.1) is 0 Å². The molecule has 0 saturated carbocycles. The van der Waals surface area contributed by atoms with Gasteiger partial charge in [0.1, 0.15) is 0 Å². The lowest BCUT2D eigenvalue weighted by molar-refractivity contribution is 0.0917. The highest BCUT2D eigenvalue weighted by Crippen LogP contribution is 2.15. The van der Waals surface area contributed by atoms with Crippen molar-refractivity contribution in [3.05, 3.63) is 24.0 Å². The Labute approximate surface area is 120 Å². The second-order valence-corrected chi connectivity index (χ2v) is 5.40. The van der Waals surface area contributed by atoms with Crippen LogP contribution in [0.4, 0.5) is 5.69 Å². The van der Waals surface area contributed by atoms with Crippen LogP contribution in [0.1, 0.15) is 36.5 Å². The third-order valence-corrected chi connectivity index (χ3v) is 3.68. The largest absolute Gasteiger partial charge is 0.384 e. The normalized spacial score (nSPS) is 16.9. The van der Waals surface area contributed by atoms with E-state index in [1.165, 1.54) is 0 Å². The number of piperidine rings is 1. The summed E-state index contributed by atoms with van der Waals surface area (Å²) in [4.78, 5) is 18.7. The summed E-state index contributed by atoms with van der Waals surface area (Å²) in [5.41, 5.74) is 1.51. The number of carbonyl (C=O) groups excluding carboxylic acids is 1. The second kappa shape index (κ2) is 7.24. The van der Waals surface area contributed by atoms with Gasteiger partial charge in [-0.2, -0.15) is 0 Å². The summed E-state index contributed by atoms with van der Waals surface area (Å²) in [6, 6.07) is 2.14. The molecule has 1 amide bonds. The maximum absolute atomic E-state index is 12.4. The highest BCUT2D eigenvalue weighted by atomic mass is 16.1. The van der Waals surface area contributed by atoms with Crippen LogP contribution in [0.15, 0.2) is 18.5 Å². The fraction of sp³-hybridized carbons (Fsp3) is 0.600. The molecule has 0 spiro atoms. The van der Waals surface area contributed by atoms with Crippen LogP contribution in [-0.4, -0.2) is 48.5 Å². The SMILES string of the molecule is CCCNc1ccncc1C(=O)NC1CCN(C)CC1. The number of nitrogens with zero attached hydrogens (tertiary/aromatic N) is 2. The molecule has 1 aromatic rings.